The van der Waals surface area contributed by atoms with E-state index in [0.717, 1.165) is 5.56 Å². The molecule has 0 aliphatic rings. The molecule has 0 heterocycles. The minimum atomic E-state index is -1.19. The third kappa shape index (κ3) is 3.98. The number of rotatable bonds is 6. The van der Waals surface area contributed by atoms with Crippen LogP contribution in [0, 0.1) is 0 Å². The molecular weight excluding hydrogens is 312 g/mol. The molecule has 6 heteroatoms. The summed E-state index contributed by atoms with van der Waals surface area (Å²) >= 11 is 0. The van der Waals surface area contributed by atoms with Gasteiger partial charge >= 0.3 is 11.9 Å². The number of methoxy groups -OCH3 is 1. The highest BCUT2D eigenvalue weighted by Gasteiger charge is 2.14. The number of hydrogen-bond acceptors (Lipinski definition) is 5. The van der Waals surface area contributed by atoms with E-state index in [2.05, 4.69) is 4.74 Å². The summed E-state index contributed by atoms with van der Waals surface area (Å²) < 4.78 is 10.2. The summed E-state index contributed by atoms with van der Waals surface area (Å²) in [4.78, 5) is 34.0. The van der Waals surface area contributed by atoms with E-state index in [4.69, 9.17) is 4.74 Å². The summed E-state index contributed by atoms with van der Waals surface area (Å²) in [6, 6.07) is 11.0. The molecule has 0 spiro atoms. The standard InChI is InChI=1S/C18H16O6/c1-11(19)15-8-7-14(9-16(15)17(20)21)24-10-12-3-5-13(6-4-12)18(22)23-2/h3-9H,10H2,1-2H3,(H,20,21). The second-order valence-corrected chi connectivity index (χ2v) is 5.05. The van der Waals surface area contributed by atoms with E-state index in [1.807, 2.05) is 0 Å². The molecule has 6 nitrogen and oxygen atoms in total. The van der Waals surface area contributed by atoms with Gasteiger partial charge in [0.1, 0.15) is 12.4 Å². The van der Waals surface area contributed by atoms with Crippen molar-refractivity contribution < 1.29 is 29.0 Å². The minimum Gasteiger partial charge on any atom is -0.489 e. The summed E-state index contributed by atoms with van der Waals surface area (Å²) in [5.74, 6) is -1.59. The van der Waals surface area contributed by atoms with Crippen LogP contribution in [0.3, 0.4) is 0 Å². The smallest absolute Gasteiger partial charge is 0.337 e. The third-order valence-electron chi connectivity index (χ3n) is 3.38. The van der Waals surface area contributed by atoms with Crippen LogP contribution in [0.15, 0.2) is 42.5 Å². The van der Waals surface area contributed by atoms with Crippen LogP contribution in [0.1, 0.15) is 43.6 Å². The third-order valence-corrected chi connectivity index (χ3v) is 3.38. The summed E-state index contributed by atoms with van der Waals surface area (Å²) in [7, 11) is 1.31. The lowest BCUT2D eigenvalue weighted by molar-refractivity contribution is 0.0599. The summed E-state index contributed by atoms with van der Waals surface area (Å²) in [5, 5.41) is 9.18. The van der Waals surface area contributed by atoms with Crippen LogP contribution in [-0.2, 0) is 11.3 Å². The maximum Gasteiger partial charge on any atom is 0.337 e. The molecule has 0 fully saturated rings. The Morgan fingerprint density at radius 2 is 1.67 bits per heavy atom. The summed E-state index contributed by atoms with van der Waals surface area (Å²) in [6.45, 7) is 1.51. The fourth-order valence-electron chi connectivity index (χ4n) is 2.12. The number of ketones is 1. The quantitative estimate of drug-likeness (QED) is 0.648. The van der Waals surface area contributed by atoms with Crippen molar-refractivity contribution in [2.75, 3.05) is 7.11 Å². The fraction of sp³-hybridized carbons (Fsp3) is 0.167. The number of carboxylic acid groups (broad SMARTS) is 1. The molecule has 124 valence electrons. The van der Waals surface area contributed by atoms with Crippen molar-refractivity contribution in [3.63, 3.8) is 0 Å². The predicted molar refractivity (Wildman–Crippen MR) is 85.5 cm³/mol. The van der Waals surface area contributed by atoms with Gasteiger partial charge in [0, 0.05) is 5.56 Å². The van der Waals surface area contributed by atoms with E-state index in [0.29, 0.717) is 11.3 Å². The van der Waals surface area contributed by atoms with Gasteiger partial charge in [0.25, 0.3) is 0 Å². The van der Waals surface area contributed by atoms with Crippen LogP contribution in [0.25, 0.3) is 0 Å². The van der Waals surface area contributed by atoms with E-state index >= 15 is 0 Å². The molecule has 1 N–H and O–H groups in total. The zero-order valence-corrected chi connectivity index (χ0v) is 13.2. The van der Waals surface area contributed by atoms with Crippen molar-refractivity contribution in [3.05, 3.63) is 64.7 Å². The fourth-order valence-corrected chi connectivity index (χ4v) is 2.12. The van der Waals surface area contributed by atoms with Crippen LogP contribution < -0.4 is 4.74 Å². The van der Waals surface area contributed by atoms with Crippen LogP contribution in [-0.4, -0.2) is 29.9 Å². The first-order valence-corrected chi connectivity index (χ1v) is 7.10. The molecule has 2 aromatic rings. The van der Waals surface area contributed by atoms with E-state index in [1.54, 1.807) is 30.3 Å². The Labute approximate surface area is 138 Å². The highest BCUT2D eigenvalue weighted by atomic mass is 16.5. The maximum absolute atomic E-state index is 11.4. The van der Waals surface area contributed by atoms with Crippen molar-refractivity contribution in [3.8, 4) is 5.75 Å². The molecule has 2 rings (SSSR count). The normalized spacial score (nSPS) is 10.1. The summed E-state index contributed by atoms with van der Waals surface area (Å²) in [6.07, 6.45) is 0. The number of benzene rings is 2. The molecular formula is C18H16O6. The Balaban J connectivity index is 2.12. The average Bonchev–Trinajstić information content (AvgIpc) is 2.59. The van der Waals surface area contributed by atoms with E-state index in [1.165, 1.54) is 26.2 Å². The first-order valence-electron chi connectivity index (χ1n) is 7.10. The van der Waals surface area contributed by atoms with Crippen LogP contribution in [0.2, 0.25) is 0 Å². The van der Waals surface area contributed by atoms with Crippen molar-refractivity contribution in [1.82, 2.24) is 0 Å². The number of carbonyl (C=O) groups excluding carboxylic acids is 2. The largest absolute Gasteiger partial charge is 0.489 e. The molecule has 24 heavy (non-hydrogen) atoms. The summed E-state index contributed by atoms with van der Waals surface area (Å²) in [5.41, 5.74) is 1.27. The Bertz CT molecular complexity index is 777. The second-order valence-electron chi connectivity index (χ2n) is 5.05. The highest BCUT2D eigenvalue weighted by Crippen LogP contribution is 2.20. The lowest BCUT2D eigenvalue weighted by atomic mass is 10.0. The maximum atomic E-state index is 11.4. The lowest BCUT2D eigenvalue weighted by Gasteiger charge is -2.09. The molecule has 0 aliphatic carbocycles. The van der Waals surface area contributed by atoms with Gasteiger partial charge in [0.15, 0.2) is 5.78 Å². The SMILES string of the molecule is COC(=O)c1ccc(COc2ccc(C(C)=O)c(C(=O)O)c2)cc1. The van der Waals surface area contributed by atoms with Crippen LogP contribution >= 0.6 is 0 Å². The van der Waals surface area contributed by atoms with Crippen molar-refractivity contribution >= 4 is 17.7 Å². The Morgan fingerprint density at radius 1 is 1.00 bits per heavy atom. The van der Waals surface area contributed by atoms with Gasteiger partial charge in [-0.05, 0) is 42.8 Å². The molecule has 0 bridgehead atoms. The lowest BCUT2D eigenvalue weighted by Crippen LogP contribution is -2.07. The minimum absolute atomic E-state index is 0.0963. The molecule has 0 saturated carbocycles. The van der Waals surface area contributed by atoms with Gasteiger partial charge in [-0.15, -0.1) is 0 Å². The Morgan fingerprint density at radius 3 is 2.21 bits per heavy atom. The number of esters is 1. The molecule has 2 aromatic carbocycles. The van der Waals surface area contributed by atoms with Crippen molar-refractivity contribution in [2.24, 2.45) is 0 Å². The van der Waals surface area contributed by atoms with Gasteiger partial charge in [-0.1, -0.05) is 12.1 Å². The zero-order valence-electron chi connectivity index (χ0n) is 13.2. The van der Waals surface area contributed by atoms with E-state index < -0.39 is 11.9 Å². The van der Waals surface area contributed by atoms with Crippen molar-refractivity contribution in [2.45, 2.75) is 13.5 Å². The number of carboxylic acids is 1. The van der Waals surface area contributed by atoms with E-state index in [9.17, 15) is 19.5 Å². The number of aromatic carboxylic acids is 1. The van der Waals surface area contributed by atoms with Crippen molar-refractivity contribution in [1.29, 1.82) is 0 Å². The Kier molecular flexibility index (Phi) is 5.31. The van der Waals surface area contributed by atoms with E-state index in [-0.39, 0.29) is 23.5 Å². The first kappa shape index (κ1) is 17.2. The molecule has 0 amide bonds. The predicted octanol–water partition coefficient (Wildman–Crippen LogP) is 2.95. The molecule has 0 aromatic heterocycles. The number of hydrogen-bond donors (Lipinski definition) is 1. The molecule has 0 atom stereocenters. The molecule has 0 unspecified atom stereocenters. The van der Waals surface area contributed by atoms with Gasteiger partial charge in [-0.3, -0.25) is 4.79 Å². The number of carbonyl (C=O) groups is 3. The van der Waals surface area contributed by atoms with Crippen LogP contribution in [0.4, 0.5) is 0 Å². The molecule has 0 radical (unpaired) electrons. The first-order chi connectivity index (χ1) is 11.4. The van der Waals surface area contributed by atoms with Gasteiger partial charge in [-0.25, -0.2) is 9.59 Å². The highest BCUT2D eigenvalue weighted by molar-refractivity contribution is 6.05. The van der Waals surface area contributed by atoms with Crippen LogP contribution in [0.5, 0.6) is 5.75 Å². The zero-order chi connectivity index (χ0) is 17.7. The topological polar surface area (TPSA) is 89.9 Å². The monoisotopic (exact) mass is 328 g/mol. The molecule has 0 saturated heterocycles. The Hall–Kier alpha value is -3.15. The molecule has 0 aliphatic heterocycles. The van der Waals surface area contributed by atoms with Gasteiger partial charge in [0.2, 0.25) is 0 Å². The van der Waals surface area contributed by atoms with Gasteiger partial charge < -0.3 is 14.6 Å². The average molecular weight is 328 g/mol. The number of ether oxygens (including phenoxy) is 2. The number of Topliss-reactive ketones (excluding diaryl/α,β-unsaturated/α-hetero) is 1. The van der Waals surface area contributed by atoms with Gasteiger partial charge in [0.05, 0.1) is 18.2 Å². The second kappa shape index (κ2) is 7.41. The van der Waals surface area contributed by atoms with Gasteiger partial charge in [-0.2, -0.15) is 0 Å².